The standard InChI is InChI=1S/C34H29N3O/c1-24-22-30-35-33(27-18-10-4-11-19-27)32(34(37(30)36-24)28-20-12-5-13-21-28)31(26-16-8-3-9-17-26)29(38)23-25-14-6-2-7-15-25/h2-22,31,34-35H,23H2,1H3. The highest BCUT2D eigenvalue weighted by molar-refractivity contribution is 5.95. The summed E-state index contributed by atoms with van der Waals surface area (Å²) in [5.74, 6) is 0.601. The number of fused-ring (bicyclic) bond motifs is 1. The van der Waals surface area contributed by atoms with Gasteiger partial charge in [0.05, 0.1) is 11.6 Å². The molecule has 2 unspecified atom stereocenters. The molecule has 1 N–H and O–H groups in total. The summed E-state index contributed by atoms with van der Waals surface area (Å²) in [7, 11) is 0. The maximum Gasteiger partial charge on any atom is 0.148 e. The van der Waals surface area contributed by atoms with Gasteiger partial charge >= 0.3 is 0 Å². The molecule has 4 aromatic carbocycles. The normalized spacial score (nSPS) is 15.4. The number of anilines is 1. The van der Waals surface area contributed by atoms with E-state index >= 15 is 0 Å². The summed E-state index contributed by atoms with van der Waals surface area (Å²) in [4.78, 5) is 14.4. The number of benzene rings is 4. The van der Waals surface area contributed by atoms with Gasteiger partial charge in [-0.2, -0.15) is 5.10 Å². The van der Waals surface area contributed by atoms with Crippen LogP contribution in [0.25, 0.3) is 5.70 Å². The molecule has 186 valence electrons. The molecule has 1 aliphatic heterocycles. The summed E-state index contributed by atoms with van der Waals surface area (Å²) in [5, 5.41) is 8.60. The first-order chi connectivity index (χ1) is 18.7. The number of Topliss-reactive ketones (excluding diaryl/α,β-unsaturated/α-hetero) is 1. The van der Waals surface area contributed by atoms with Crippen LogP contribution >= 0.6 is 0 Å². The Labute approximate surface area is 223 Å². The summed E-state index contributed by atoms with van der Waals surface area (Å²) >= 11 is 0. The molecular formula is C34H29N3O. The van der Waals surface area contributed by atoms with Crippen LogP contribution in [0.1, 0.15) is 39.9 Å². The van der Waals surface area contributed by atoms with E-state index in [4.69, 9.17) is 5.10 Å². The third-order valence-corrected chi connectivity index (χ3v) is 7.10. The zero-order valence-electron chi connectivity index (χ0n) is 21.3. The Hall–Kier alpha value is -4.70. The lowest BCUT2D eigenvalue weighted by Gasteiger charge is -2.36. The number of aryl methyl sites for hydroxylation is 1. The Morgan fingerprint density at radius 1 is 0.816 bits per heavy atom. The Morgan fingerprint density at radius 3 is 2.05 bits per heavy atom. The third-order valence-electron chi connectivity index (χ3n) is 7.10. The first-order valence-electron chi connectivity index (χ1n) is 13.0. The van der Waals surface area contributed by atoms with Crippen LogP contribution in [-0.2, 0) is 11.2 Å². The van der Waals surface area contributed by atoms with E-state index in [1.165, 1.54) is 0 Å². The van der Waals surface area contributed by atoms with E-state index in [1.807, 2.05) is 84.4 Å². The van der Waals surface area contributed by atoms with Crippen molar-refractivity contribution in [2.24, 2.45) is 0 Å². The molecule has 0 saturated heterocycles. The maximum atomic E-state index is 14.4. The second kappa shape index (κ2) is 10.3. The van der Waals surface area contributed by atoms with Gasteiger partial charge in [-0.05, 0) is 34.8 Å². The fourth-order valence-electron chi connectivity index (χ4n) is 5.46. The molecule has 1 aromatic heterocycles. The van der Waals surface area contributed by atoms with E-state index in [2.05, 4.69) is 59.9 Å². The monoisotopic (exact) mass is 495 g/mol. The number of ketones is 1. The highest BCUT2D eigenvalue weighted by atomic mass is 16.1. The fourth-order valence-corrected chi connectivity index (χ4v) is 5.46. The van der Waals surface area contributed by atoms with Crippen molar-refractivity contribution in [2.45, 2.75) is 25.3 Å². The maximum absolute atomic E-state index is 14.4. The van der Waals surface area contributed by atoms with Crippen LogP contribution in [0.4, 0.5) is 5.82 Å². The molecule has 5 aromatic rings. The number of rotatable bonds is 7. The van der Waals surface area contributed by atoms with Crippen LogP contribution in [0.5, 0.6) is 0 Å². The molecule has 2 atom stereocenters. The van der Waals surface area contributed by atoms with Gasteiger partial charge in [-0.1, -0.05) is 121 Å². The summed E-state index contributed by atoms with van der Waals surface area (Å²) in [6.07, 6.45) is 0.346. The highest BCUT2D eigenvalue weighted by Crippen LogP contribution is 2.46. The van der Waals surface area contributed by atoms with Crippen molar-refractivity contribution < 1.29 is 4.79 Å². The van der Waals surface area contributed by atoms with E-state index < -0.39 is 5.92 Å². The lowest BCUT2D eigenvalue weighted by molar-refractivity contribution is -0.119. The Morgan fingerprint density at radius 2 is 1.39 bits per heavy atom. The fraction of sp³-hybridized carbons (Fsp3) is 0.118. The zero-order chi connectivity index (χ0) is 25.9. The van der Waals surface area contributed by atoms with Gasteiger partial charge in [0.25, 0.3) is 0 Å². The largest absolute Gasteiger partial charge is 0.340 e. The van der Waals surface area contributed by atoms with Crippen LogP contribution in [0.2, 0.25) is 0 Å². The Bertz CT molecular complexity index is 1570. The SMILES string of the molecule is Cc1cc2n(n1)C(c1ccccc1)C(C(C(=O)Cc1ccccc1)c1ccccc1)=C(c1ccccc1)N2. The quantitative estimate of drug-likeness (QED) is 0.259. The van der Waals surface area contributed by atoms with Crippen molar-refractivity contribution in [1.29, 1.82) is 0 Å². The van der Waals surface area contributed by atoms with Crippen LogP contribution < -0.4 is 5.32 Å². The Balaban J connectivity index is 1.62. The Kier molecular flexibility index (Phi) is 6.45. The van der Waals surface area contributed by atoms with Gasteiger partial charge in [0.1, 0.15) is 17.6 Å². The average Bonchev–Trinajstić information content (AvgIpc) is 3.34. The van der Waals surface area contributed by atoms with Crippen LogP contribution in [0.3, 0.4) is 0 Å². The molecule has 6 rings (SSSR count). The molecule has 0 spiro atoms. The van der Waals surface area contributed by atoms with E-state index in [-0.39, 0.29) is 11.8 Å². The van der Waals surface area contributed by atoms with Gasteiger partial charge in [0.15, 0.2) is 0 Å². The first-order valence-corrected chi connectivity index (χ1v) is 13.0. The second-order valence-electron chi connectivity index (χ2n) is 9.72. The van der Waals surface area contributed by atoms with Crippen LogP contribution in [-0.4, -0.2) is 15.6 Å². The van der Waals surface area contributed by atoms with Crippen molar-refractivity contribution in [3.8, 4) is 0 Å². The van der Waals surface area contributed by atoms with E-state index in [9.17, 15) is 4.79 Å². The minimum atomic E-state index is -0.470. The average molecular weight is 496 g/mol. The van der Waals surface area contributed by atoms with Gasteiger partial charge in [-0.3, -0.25) is 4.79 Å². The first kappa shape index (κ1) is 23.7. The number of carbonyl (C=O) groups is 1. The summed E-state index contributed by atoms with van der Waals surface area (Å²) in [5.41, 5.74) is 7.02. The van der Waals surface area contributed by atoms with E-state index in [1.54, 1.807) is 0 Å². The third kappa shape index (κ3) is 4.57. The number of carbonyl (C=O) groups excluding carboxylic acids is 1. The molecule has 38 heavy (non-hydrogen) atoms. The lowest BCUT2D eigenvalue weighted by atomic mass is 9.77. The molecule has 4 heteroatoms. The molecule has 2 heterocycles. The lowest BCUT2D eigenvalue weighted by Crippen LogP contribution is -2.31. The van der Waals surface area contributed by atoms with E-state index in [0.29, 0.717) is 6.42 Å². The summed E-state index contributed by atoms with van der Waals surface area (Å²) in [6, 6.07) is 42.7. The minimum Gasteiger partial charge on any atom is -0.340 e. The van der Waals surface area contributed by atoms with Crippen molar-refractivity contribution >= 4 is 17.3 Å². The van der Waals surface area contributed by atoms with Gasteiger partial charge in [0.2, 0.25) is 0 Å². The number of hydrogen-bond acceptors (Lipinski definition) is 3. The van der Waals surface area contributed by atoms with Crippen LogP contribution in [0.15, 0.2) is 133 Å². The number of hydrogen-bond donors (Lipinski definition) is 1. The molecule has 0 amide bonds. The molecule has 0 aliphatic carbocycles. The van der Waals surface area contributed by atoms with Crippen molar-refractivity contribution in [3.63, 3.8) is 0 Å². The smallest absolute Gasteiger partial charge is 0.148 e. The topological polar surface area (TPSA) is 46.9 Å². The van der Waals surface area contributed by atoms with Crippen molar-refractivity contribution in [1.82, 2.24) is 9.78 Å². The molecule has 4 nitrogen and oxygen atoms in total. The number of allylic oxidation sites excluding steroid dienone is 1. The molecule has 0 radical (unpaired) electrons. The molecule has 0 fully saturated rings. The zero-order valence-corrected chi connectivity index (χ0v) is 21.3. The van der Waals surface area contributed by atoms with Gasteiger partial charge in [-0.15, -0.1) is 0 Å². The molecule has 0 bridgehead atoms. The number of aromatic nitrogens is 2. The van der Waals surface area contributed by atoms with Crippen molar-refractivity contribution in [3.05, 3.63) is 161 Å². The number of nitrogens with one attached hydrogen (secondary N) is 1. The van der Waals surface area contributed by atoms with Crippen LogP contribution in [0, 0.1) is 6.92 Å². The summed E-state index contributed by atoms with van der Waals surface area (Å²) in [6.45, 7) is 2.01. The van der Waals surface area contributed by atoms with Gasteiger partial charge < -0.3 is 5.32 Å². The molecule has 0 saturated carbocycles. The minimum absolute atomic E-state index is 0.154. The second-order valence-corrected chi connectivity index (χ2v) is 9.72. The van der Waals surface area contributed by atoms with E-state index in [0.717, 1.165) is 45.0 Å². The predicted molar refractivity (Wildman–Crippen MR) is 153 cm³/mol. The van der Waals surface area contributed by atoms with Gasteiger partial charge in [-0.25, -0.2) is 4.68 Å². The highest BCUT2D eigenvalue weighted by Gasteiger charge is 2.38. The van der Waals surface area contributed by atoms with Crippen molar-refractivity contribution in [2.75, 3.05) is 5.32 Å². The molecular weight excluding hydrogens is 466 g/mol. The summed E-state index contributed by atoms with van der Waals surface area (Å²) < 4.78 is 2.04. The molecule has 1 aliphatic rings. The predicted octanol–water partition coefficient (Wildman–Crippen LogP) is 7.21. The van der Waals surface area contributed by atoms with Gasteiger partial charge in [0, 0.05) is 18.2 Å². The number of nitrogens with zero attached hydrogens (tertiary/aromatic N) is 2.